The third kappa shape index (κ3) is 5.90. The largest absolute Gasteiger partial charge is 0.490 e. The number of fused-ring (bicyclic) bond motifs is 1. The van der Waals surface area contributed by atoms with Crippen molar-refractivity contribution in [2.45, 2.75) is 26.9 Å². The first kappa shape index (κ1) is 27.7. The van der Waals surface area contributed by atoms with E-state index in [2.05, 4.69) is 41.9 Å². The molecule has 9 nitrogen and oxygen atoms in total. The summed E-state index contributed by atoms with van der Waals surface area (Å²) in [7, 11) is 0. The quantitative estimate of drug-likeness (QED) is 0.109. The Kier molecular flexibility index (Phi) is 8.80. The number of hydrogen-bond donors (Lipinski definition) is 0. The third-order valence-corrected chi connectivity index (χ3v) is 7.43. The molecule has 0 fully saturated rings. The molecule has 0 atom stereocenters. The summed E-state index contributed by atoms with van der Waals surface area (Å²) in [6, 6.07) is 13.1. The smallest absolute Gasteiger partial charge is 0.282 e. The summed E-state index contributed by atoms with van der Waals surface area (Å²) in [4.78, 5) is 28.2. The lowest BCUT2D eigenvalue weighted by atomic mass is 10.2. The average molecular weight is 665 g/mol. The van der Waals surface area contributed by atoms with Crippen LogP contribution in [-0.4, -0.2) is 27.4 Å². The minimum absolute atomic E-state index is 0.00671. The molecule has 0 unspecified atom stereocenters. The highest BCUT2D eigenvalue weighted by atomic mass is 79.9. The van der Waals surface area contributed by atoms with Crippen molar-refractivity contribution in [3.05, 3.63) is 99.9 Å². The van der Waals surface area contributed by atoms with Crippen LogP contribution in [0.4, 0.5) is 5.69 Å². The van der Waals surface area contributed by atoms with Crippen LogP contribution in [-0.2, 0) is 13.0 Å². The molecule has 0 amide bonds. The molecule has 0 N–H and O–H groups in total. The predicted octanol–water partition coefficient (Wildman–Crippen LogP) is 6.91. The number of nitro groups is 1. The topological polar surface area (TPSA) is 109 Å². The Labute approximate surface area is 239 Å². The summed E-state index contributed by atoms with van der Waals surface area (Å²) < 4.78 is 14.3. The lowest BCUT2D eigenvalue weighted by molar-refractivity contribution is -0.384. The SMILES string of the molecule is CCOc1cc(C=Nn2c(CC)nc3ccc(Br)cc3c2=O)c(Br)c(Cl)c1OCc1ccc([N+](=O)[O-])cc1. The van der Waals surface area contributed by atoms with Gasteiger partial charge in [-0.25, -0.2) is 4.98 Å². The van der Waals surface area contributed by atoms with E-state index in [1.54, 1.807) is 30.3 Å². The van der Waals surface area contributed by atoms with Crippen molar-refractivity contribution in [3.8, 4) is 11.5 Å². The molecular formula is C26H21Br2ClN4O5. The molecule has 0 aliphatic heterocycles. The van der Waals surface area contributed by atoms with Gasteiger partial charge in [-0.1, -0.05) is 34.5 Å². The Balaban J connectivity index is 1.69. The highest BCUT2D eigenvalue weighted by molar-refractivity contribution is 9.10. The van der Waals surface area contributed by atoms with Gasteiger partial charge in [-0.2, -0.15) is 9.78 Å². The summed E-state index contributed by atoms with van der Waals surface area (Å²) in [5.74, 6) is 1.20. The highest BCUT2D eigenvalue weighted by Gasteiger charge is 2.18. The first-order valence-electron chi connectivity index (χ1n) is 11.5. The number of rotatable bonds is 9. The standard InChI is InChI=1S/C26H21Br2ClN4O5/c1-3-22-31-20-10-7-17(27)12-19(20)26(34)32(22)30-13-16-11-21(37-4-2)25(24(29)23(16)28)38-14-15-5-8-18(9-6-15)33(35)36/h5-13H,3-4,14H2,1-2H3. The minimum atomic E-state index is -0.462. The number of nitrogens with zero attached hydrogens (tertiary/aromatic N) is 4. The van der Waals surface area contributed by atoms with E-state index in [9.17, 15) is 14.9 Å². The van der Waals surface area contributed by atoms with Gasteiger partial charge in [-0.15, -0.1) is 0 Å². The van der Waals surface area contributed by atoms with Crippen LogP contribution in [0, 0.1) is 10.1 Å². The minimum Gasteiger partial charge on any atom is -0.490 e. The van der Waals surface area contributed by atoms with Gasteiger partial charge < -0.3 is 9.47 Å². The summed E-state index contributed by atoms with van der Waals surface area (Å²) in [6.45, 7) is 4.20. The van der Waals surface area contributed by atoms with Crippen LogP contribution in [0.1, 0.15) is 30.8 Å². The third-order valence-electron chi connectivity index (χ3n) is 5.49. The first-order chi connectivity index (χ1) is 18.2. The van der Waals surface area contributed by atoms with Crippen LogP contribution >= 0.6 is 43.5 Å². The molecule has 0 aliphatic rings. The molecule has 0 saturated heterocycles. The maximum absolute atomic E-state index is 13.2. The van der Waals surface area contributed by atoms with Crippen LogP contribution in [0.2, 0.25) is 5.02 Å². The molecule has 1 aromatic heterocycles. The van der Waals surface area contributed by atoms with E-state index in [4.69, 9.17) is 21.1 Å². The monoisotopic (exact) mass is 662 g/mol. The van der Waals surface area contributed by atoms with Crippen molar-refractivity contribution < 1.29 is 14.4 Å². The zero-order valence-electron chi connectivity index (χ0n) is 20.3. The highest BCUT2D eigenvalue weighted by Crippen LogP contribution is 2.42. The van der Waals surface area contributed by atoms with Crippen LogP contribution in [0.3, 0.4) is 0 Å². The van der Waals surface area contributed by atoms with Crippen molar-refractivity contribution in [2.75, 3.05) is 6.61 Å². The fourth-order valence-corrected chi connectivity index (χ4v) is 4.64. The molecule has 1 heterocycles. The zero-order valence-corrected chi connectivity index (χ0v) is 24.2. The number of aryl methyl sites for hydroxylation is 1. The summed E-state index contributed by atoms with van der Waals surface area (Å²) in [6.07, 6.45) is 2.00. The second-order valence-electron chi connectivity index (χ2n) is 7.97. The molecule has 4 aromatic rings. The molecule has 12 heteroatoms. The van der Waals surface area contributed by atoms with Crippen LogP contribution in [0.5, 0.6) is 11.5 Å². The van der Waals surface area contributed by atoms with E-state index in [0.717, 1.165) is 10.0 Å². The lowest BCUT2D eigenvalue weighted by Gasteiger charge is -2.16. The van der Waals surface area contributed by atoms with Gasteiger partial charge in [0.05, 0.1) is 28.6 Å². The molecule has 0 radical (unpaired) electrons. The first-order valence-corrected chi connectivity index (χ1v) is 13.5. The van der Waals surface area contributed by atoms with Gasteiger partial charge in [-0.3, -0.25) is 14.9 Å². The molecule has 3 aromatic carbocycles. The fourth-order valence-electron chi connectivity index (χ4n) is 3.63. The van der Waals surface area contributed by atoms with E-state index >= 15 is 0 Å². The second-order valence-corrected chi connectivity index (χ2v) is 10.1. The predicted molar refractivity (Wildman–Crippen MR) is 154 cm³/mol. The van der Waals surface area contributed by atoms with Crippen LogP contribution < -0.4 is 15.0 Å². The van der Waals surface area contributed by atoms with Crippen molar-refractivity contribution >= 4 is 66.3 Å². The number of nitro benzene ring substituents is 1. The molecule has 0 saturated carbocycles. The fraction of sp³-hybridized carbons (Fsp3) is 0.192. The Hall–Kier alpha value is -3.28. The number of halogens is 3. The van der Waals surface area contributed by atoms with Crippen molar-refractivity contribution in [3.63, 3.8) is 0 Å². The Morgan fingerprint density at radius 3 is 2.53 bits per heavy atom. The van der Waals surface area contributed by atoms with Gasteiger partial charge in [0.1, 0.15) is 17.5 Å². The molecule has 4 rings (SSSR count). The molecule has 38 heavy (non-hydrogen) atoms. The van der Waals surface area contributed by atoms with Crippen molar-refractivity contribution in [1.82, 2.24) is 9.66 Å². The summed E-state index contributed by atoms with van der Waals surface area (Å²) in [5, 5.41) is 16.0. The number of non-ortho nitro benzene ring substituents is 1. The van der Waals surface area contributed by atoms with E-state index in [1.807, 2.05) is 19.9 Å². The molecule has 0 spiro atoms. The average Bonchev–Trinajstić information content (AvgIpc) is 2.91. The van der Waals surface area contributed by atoms with E-state index in [-0.39, 0.29) is 22.9 Å². The van der Waals surface area contributed by atoms with Gasteiger partial charge >= 0.3 is 0 Å². The van der Waals surface area contributed by atoms with Gasteiger partial charge in [-0.05, 0) is 64.8 Å². The van der Waals surface area contributed by atoms with E-state index < -0.39 is 4.92 Å². The van der Waals surface area contributed by atoms with Gasteiger partial charge in [0.2, 0.25) is 0 Å². The lowest BCUT2D eigenvalue weighted by Crippen LogP contribution is -2.22. The van der Waals surface area contributed by atoms with Crippen LogP contribution in [0.15, 0.2) is 67.4 Å². The Morgan fingerprint density at radius 2 is 1.87 bits per heavy atom. The van der Waals surface area contributed by atoms with E-state index in [0.29, 0.717) is 51.3 Å². The molecule has 0 bridgehead atoms. The number of benzene rings is 3. The van der Waals surface area contributed by atoms with Crippen LogP contribution in [0.25, 0.3) is 10.9 Å². The number of aromatic nitrogens is 2. The Morgan fingerprint density at radius 1 is 1.13 bits per heavy atom. The van der Waals surface area contributed by atoms with E-state index in [1.165, 1.54) is 23.0 Å². The summed E-state index contributed by atoms with van der Waals surface area (Å²) in [5.41, 5.74) is 1.58. The maximum atomic E-state index is 13.2. The number of ether oxygens (including phenoxy) is 2. The Bertz CT molecular complexity index is 1610. The second kappa shape index (κ2) is 12.1. The molecule has 196 valence electrons. The van der Waals surface area contributed by atoms with Crippen molar-refractivity contribution in [2.24, 2.45) is 5.10 Å². The zero-order chi connectivity index (χ0) is 27.4. The number of hydrogen-bond acceptors (Lipinski definition) is 7. The maximum Gasteiger partial charge on any atom is 0.282 e. The van der Waals surface area contributed by atoms with Gasteiger partial charge in [0.25, 0.3) is 11.2 Å². The van der Waals surface area contributed by atoms with Crippen molar-refractivity contribution in [1.29, 1.82) is 0 Å². The normalized spacial score (nSPS) is 11.3. The van der Waals surface area contributed by atoms with Gasteiger partial charge in [0, 0.05) is 33.1 Å². The molecule has 0 aliphatic carbocycles. The van der Waals surface area contributed by atoms with Gasteiger partial charge in [0.15, 0.2) is 11.5 Å². The summed E-state index contributed by atoms with van der Waals surface area (Å²) >= 11 is 13.6. The molecular weight excluding hydrogens is 644 g/mol.